The summed E-state index contributed by atoms with van der Waals surface area (Å²) in [5, 5.41) is 4.21. The summed E-state index contributed by atoms with van der Waals surface area (Å²) in [4.78, 5) is 41.2. The average molecular weight is 584 g/mol. The zero-order valence-electron chi connectivity index (χ0n) is 28.3. The van der Waals surface area contributed by atoms with Crippen molar-refractivity contribution in [3.8, 4) is 0 Å². The maximum atomic E-state index is 11.9. The quantitative estimate of drug-likeness (QED) is 0.270. The van der Waals surface area contributed by atoms with Gasteiger partial charge in [0.15, 0.2) is 0 Å². The van der Waals surface area contributed by atoms with Crippen LogP contribution in [0.4, 0.5) is 0 Å². The first-order valence-corrected chi connectivity index (χ1v) is 14.7. The summed E-state index contributed by atoms with van der Waals surface area (Å²) >= 11 is 0. The fourth-order valence-corrected chi connectivity index (χ4v) is 3.62. The molecule has 1 N–H and O–H groups in total. The van der Waals surface area contributed by atoms with Gasteiger partial charge in [-0.3, -0.25) is 19.2 Å². The number of aryl methyl sites for hydroxylation is 1. The van der Waals surface area contributed by atoms with Crippen molar-refractivity contribution in [3.63, 3.8) is 0 Å². The van der Waals surface area contributed by atoms with Crippen molar-refractivity contribution < 1.29 is 19.2 Å². The number of unbranched alkanes of at least 4 members (excludes halogenated alkanes) is 1. The predicted molar refractivity (Wildman–Crippen MR) is 173 cm³/mol. The van der Waals surface area contributed by atoms with Gasteiger partial charge in [0.05, 0.1) is 7.11 Å². The second kappa shape index (κ2) is 18.4. The summed E-state index contributed by atoms with van der Waals surface area (Å²) in [5.41, 5.74) is 1.60. The number of hydrogen-bond acceptors (Lipinski definition) is 4. The molecule has 236 valence electrons. The molecule has 0 spiro atoms. The Labute approximate surface area is 256 Å². The molecule has 0 fully saturated rings. The van der Waals surface area contributed by atoms with E-state index >= 15 is 0 Å². The van der Waals surface area contributed by atoms with Gasteiger partial charge in [-0.1, -0.05) is 123 Å². The highest BCUT2D eigenvalue weighted by Crippen LogP contribution is 2.18. The maximum Gasteiger partial charge on any atom is 0.251 e. The summed E-state index contributed by atoms with van der Waals surface area (Å²) in [6.45, 7) is 18.6. The molecule has 7 heteroatoms. The van der Waals surface area contributed by atoms with E-state index in [1.807, 2.05) is 106 Å². The Bertz CT molecular complexity index is 1050. The first-order valence-electron chi connectivity index (χ1n) is 14.7. The maximum absolute atomic E-state index is 11.9. The molecule has 0 aromatic heterocycles. The highest BCUT2D eigenvalue weighted by Gasteiger charge is 2.25. The number of hydrogen-bond donors (Lipinski definition) is 1. The lowest BCUT2D eigenvalue weighted by Gasteiger charge is -2.26. The van der Waals surface area contributed by atoms with E-state index in [9.17, 15) is 14.4 Å². The fourth-order valence-electron chi connectivity index (χ4n) is 3.62. The largest absolute Gasteiger partial charge is 0.356 e. The minimum atomic E-state index is -0.356. The molecule has 0 heterocycles. The number of carbonyl (C=O) groups excluding carboxylic acids is 3. The Morgan fingerprint density at radius 2 is 1.12 bits per heavy atom. The number of nitrogens with zero attached hydrogens (tertiary/aromatic N) is 2. The zero-order valence-corrected chi connectivity index (χ0v) is 28.3. The first-order chi connectivity index (χ1) is 19.3. The van der Waals surface area contributed by atoms with Gasteiger partial charge >= 0.3 is 0 Å². The lowest BCUT2D eigenvalue weighted by atomic mass is 9.95. The van der Waals surface area contributed by atoms with E-state index in [4.69, 9.17) is 4.84 Å². The Kier molecular flexibility index (Phi) is 17.0. The lowest BCUT2D eigenvalue weighted by Crippen LogP contribution is -2.36. The van der Waals surface area contributed by atoms with E-state index in [2.05, 4.69) is 29.6 Å². The molecule has 0 aliphatic carbocycles. The van der Waals surface area contributed by atoms with Crippen LogP contribution in [0.3, 0.4) is 0 Å². The zero-order chi connectivity index (χ0) is 32.6. The molecule has 0 saturated heterocycles. The average Bonchev–Trinajstić information content (AvgIpc) is 2.91. The minimum absolute atomic E-state index is 0.0185. The molecule has 0 bridgehead atoms. The predicted octanol–water partition coefficient (Wildman–Crippen LogP) is 6.92. The SMILES string of the molecule is CC(C)(C)C(=O)NCCCCc1ccccc1.CN(Cc1ccccc1)C(=O)C(C)(C)C.CON(C)C(=O)C(C)(C)C. The fraction of sp³-hybridized carbons (Fsp3) is 0.571. The highest BCUT2D eigenvalue weighted by atomic mass is 16.7. The van der Waals surface area contributed by atoms with Crippen LogP contribution in [0.5, 0.6) is 0 Å². The van der Waals surface area contributed by atoms with Gasteiger partial charge in [0.1, 0.15) is 0 Å². The van der Waals surface area contributed by atoms with Gasteiger partial charge < -0.3 is 10.2 Å². The van der Waals surface area contributed by atoms with Crippen molar-refractivity contribution in [2.45, 2.75) is 88.1 Å². The van der Waals surface area contributed by atoms with Crippen LogP contribution in [0.25, 0.3) is 0 Å². The number of benzene rings is 2. The van der Waals surface area contributed by atoms with Crippen molar-refractivity contribution in [2.24, 2.45) is 16.2 Å². The molecule has 3 amide bonds. The van der Waals surface area contributed by atoms with Crippen molar-refractivity contribution in [1.82, 2.24) is 15.3 Å². The number of nitrogens with one attached hydrogen (secondary N) is 1. The summed E-state index contributed by atoms with van der Waals surface area (Å²) in [5.74, 6) is 0.290. The number of amides is 3. The van der Waals surface area contributed by atoms with Crippen LogP contribution in [0, 0.1) is 16.2 Å². The van der Waals surface area contributed by atoms with E-state index in [-0.39, 0.29) is 34.0 Å². The van der Waals surface area contributed by atoms with E-state index in [0.717, 1.165) is 31.4 Å². The van der Waals surface area contributed by atoms with Gasteiger partial charge in [-0.2, -0.15) is 0 Å². The van der Waals surface area contributed by atoms with Crippen molar-refractivity contribution in [3.05, 3.63) is 71.8 Å². The number of rotatable bonds is 8. The van der Waals surface area contributed by atoms with Gasteiger partial charge in [-0.25, -0.2) is 5.06 Å². The minimum Gasteiger partial charge on any atom is -0.356 e. The molecule has 0 aliphatic heterocycles. The Balaban J connectivity index is 0.000000622. The van der Waals surface area contributed by atoms with Gasteiger partial charge in [-0.15, -0.1) is 0 Å². The smallest absolute Gasteiger partial charge is 0.251 e. The van der Waals surface area contributed by atoms with E-state index in [1.54, 1.807) is 11.9 Å². The van der Waals surface area contributed by atoms with Crippen LogP contribution in [0.2, 0.25) is 0 Å². The molecule has 2 rings (SSSR count). The summed E-state index contributed by atoms with van der Waals surface area (Å²) in [6, 6.07) is 20.5. The third-order valence-corrected chi connectivity index (χ3v) is 6.15. The van der Waals surface area contributed by atoms with E-state index in [1.165, 1.54) is 17.7 Å². The Hall–Kier alpha value is -3.19. The van der Waals surface area contributed by atoms with Gasteiger partial charge in [0, 0.05) is 43.4 Å². The topological polar surface area (TPSA) is 79.0 Å². The van der Waals surface area contributed by atoms with Crippen LogP contribution in [0.15, 0.2) is 60.7 Å². The van der Waals surface area contributed by atoms with Crippen LogP contribution >= 0.6 is 0 Å². The molecular formula is C35H57N3O4. The van der Waals surface area contributed by atoms with Gasteiger partial charge in [0.25, 0.3) is 5.91 Å². The standard InChI is InChI=1S/C15H23NO.C13H19NO.C7H15NO2/c1-15(2,3)14(17)16-12-8-7-11-13-9-5-4-6-10-13;1-13(2,3)12(15)14(4)10-11-8-6-5-7-9-11;1-7(2,3)6(9)8(4)10-5/h4-6,9-10H,7-8,11-12H2,1-3H3,(H,16,17);5-9H,10H2,1-4H3;1-5H3. The van der Waals surface area contributed by atoms with Crippen LogP contribution in [-0.2, 0) is 32.2 Å². The second-order valence-electron chi connectivity index (χ2n) is 13.6. The van der Waals surface area contributed by atoms with Crippen LogP contribution in [-0.4, -0.2) is 55.4 Å². The Morgan fingerprint density at radius 3 is 1.50 bits per heavy atom. The monoisotopic (exact) mass is 583 g/mol. The van der Waals surface area contributed by atoms with Gasteiger partial charge in [-0.05, 0) is 30.4 Å². The van der Waals surface area contributed by atoms with Crippen molar-refractivity contribution >= 4 is 17.7 Å². The van der Waals surface area contributed by atoms with Gasteiger partial charge in [0.2, 0.25) is 11.8 Å². The molecule has 7 nitrogen and oxygen atoms in total. The molecule has 0 unspecified atom stereocenters. The molecule has 0 aliphatic rings. The normalized spacial score (nSPS) is 11.2. The summed E-state index contributed by atoms with van der Waals surface area (Å²) in [7, 11) is 4.93. The lowest BCUT2D eigenvalue weighted by molar-refractivity contribution is -0.177. The Morgan fingerprint density at radius 1 is 0.667 bits per heavy atom. The van der Waals surface area contributed by atoms with Crippen LogP contribution in [0.1, 0.15) is 86.3 Å². The number of carbonyl (C=O) groups is 3. The summed E-state index contributed by atoms with van der Waals surface area (Å²) in [6.07, 6.45) is 3.25. The van der Waals surface area contributed by atoms with E-state index < -0.39 is 0 Å². The number of hydroxylamine groups is 2. The van der Waals surface area contributed by atoms with Crippen molar-refractivity contribution in [2.75, 3.05) is 27.7 Å². The third kappa shape index (κ3) is 16.9. The molecular weight excluding hydrogens is 526 g/mol. The van der Waals surface area contributed by atoms with E-state index in [0.29, 0.717) is 6.54 Å². The van der Waals surface area contributed by atoms with Crippen molar-refractivity contribution in [1.29, 1.82) is 0 Å². The highest BCUT2D eigenvalue weighted by molar-refractivity contribution is 5.81. The molecule has 0 radical (unpaired) electrons. The molecule has 2 aromatic carbocycles. The third-order valence-electron chi connectivity index (χ3n) is 6.15. The summed E-state index contributed by atoms with van der Waals surface area (Å²) < 4.78 is 0. The molecule has 2 aromatic rings. The molecule has 0 atom stereocenters. The molecule has 42 heavy (non-hydrogen) atoms. The second-order valence-corrected chi connectivity index (χ2v) is 13.6. The first kappa shape index (κ1) is 38.8. The van der Waals surface area contributed by atoms with Crippen LogP contribution < -0.4 is 5.32 Å². The molecule has 0 saturated carbocycles.